The van der Waals surface area contributed by atoms with Gasteiger partial charge in [0.05, 0.1) is 16.0 Å². The number of hydrazine groups is 1. The summed E-state index contributed by atoms with van der Waals surface area (Å²) >= 11 is 2.29. The maximum absolute atomic E-state index is 12.2. The first kappa shape index (κ1) is 20.6. The lowest BCUT2D eigenvalue weighted by atomic mass is 10.1. The Labute approximate surface area is 184 Å². The van der Waals surface area contributed by atoms with Crippen LogP contribution in [0.5, 0.6) is 0 Å². The van der Waals surface area contributed by atoms with Crippen molar-refractivity contribution in [3.05, 3.63) is 86.8 Å². The van der Waals surface area contributed by atoms with Gasteiger partial charge >= 0.3 is 5.00 Å². The number of rotatable bonds is 6. The number of amides is 2. The summed E-state index contributed by atoms with van der Waals surface area (Å²) in [6.07, 6.45) is 0. The SMILES string of the molecule is O=C(NNC(=O)c1ccc([N+](=O)[O-])s1)c1ccc(CSc2nc3ccccc3[nH]2)cc1. The highest BCUT2D eigenvalue weighted by Gasteiger charge is 2.16. The standard InChI is InChI=1S/C20H15N5O4S2/c26-18(23-24-19(27)16-9-10-17(31-16)25(28)29)13-7-5-12(6-8-13)11-30-20-21-14-3-1-2-4-15(14)22-20/h1-10H,11H2,(H,21,22)(H,23,26)(H,24,27). The van der Waals surface area contributed by atoms with Crippen LogP contribution in [0.2, 0.25) is 0 Å². The zero-order valence-electron chi connectivity index (χ0n) is 15.8. The highest BCUT2D eigenvalue weighted by atomic mass is 32.2. The monoisotopic (exact) mass is 453 g/mol. The molecule has 0 saturated carbocycles. The normalized spacial score (nSPS) is 10.7. The molecule has 0 bridgehead atoms. The predicted molar refractivity (Wildman–Crippen MR) is 118 cm³/mol. The molecule has 156 valence electrons. The van der Waals surface area contributed by atoms with Gasteiger partial charge in [-0.15, -0.1) is 0 Å². The fraction of sp³-hybridized carbons (Fsp3) is 0.0500. The van der Waals surface area contributed by atoms with E-state index in [-0.39, 0.29) is 9.88 Å². The first-order valence-electron chi connectivity index (χ1n) is 9.01. The summed E-state index contributed by atoms with van der Waals surface area (Å²) in [5.74, 6) is -0.434. The van der Waals surface area contributed by atoms with Gasteiger partial charge in [-0.2, -0.15) is 0 Å². The molecule has 31 heavy (non-hydrogen) atoms. The summed E-state index contributed by atoms with van der Waals surface area (Å²) < 4.78 is 0. The van der Waals surface area contributed by atoms with Crippen LogP contribution >= 0.6 is 23.1 Å². The van der Waals surface area contributed by atoms with E-state index in [0.29, 0.717) is 11.3 Å². The highest BCUT2D eigenvalue weighted by Crippen LogP contribution is 2.24. The van der Waals surface area contributed by atoms with Gasteiger partial charge in [-0.1, -0.05) is 47.4 Å². The Bertz CT molecular complexity index is 1230. The number of aromatic amines is 1. The van der Waals surface area contributed by atoms with E-state index in [1.54, 1.807) is 23.9 Å². The molecule has 2 aromatic carbocycles. The van der Waals surface area contributed by atoms with Crippen molar-refractivity contribution >= 4 is 50.9 Å². The minimum absolute atomic E-state index is 0.130. The van der Waals surface area contributed by atoms with E-state index in [0.717, 1.165) is 33.1 Å². The van der Waals surface area contributed by atoms with Gasteiger partial charge in [-0.25, -0.2) is 4.98 Å². The quantitative estimate of drug-likeness (QED) is 0.231. The number of hydrogen-bond acceptors (Lipinski definition) is 7. The Balaban J connectivity index is 1.30. The number of hydrogen-bond donors (Lipinski definition) is 3. The molecule has 0 radical (unpaired) electrons. The molecule has 2 heterocycles. The molecule has 4 aromatic rings. The number of H-pyrrole nitrogens is 1. The number of thiophene rings is 1. The number of carbonyl (C=O) groups is 2. The summed E-state index contributed by atoms with van der Waals surface area (Å²) in [5, 5.41) is 11.4. The molecule has 0 atom stereocenters. The smallest absolute Gasteiger partial charge is 0.324 e. The molecule has 0 aliphatic rings. The van der Waals surface area contributed by atoms with Crippen molar-refractivity contribution in [1.29, 1.82) is 0 Å². The molecule has 4 rings (SSSR count). The Kier molecular flexibility index (Phi) is 5.96. The predicted octanol–water partition coefficient (Wildman–Crippen LogP) is 3.90. The maximum atomic E-state index is 12.2. The van der Waals surface area contributed by atoms with Crippen LogP contribution in [0.4, 0.5) is 5.00 Å². The second kappa shape index (κ2) is 8.98. The van der Waals surface area contributed by atoms with E-state index >= 15 is 0 Å². The van der Waals surface area contributed by atoms with E-state index in [1.807, 2.05) is 36.4 Å². The number of para-hydroxylation sites is 2. The summed E-state index contributed by atoms with van der Waals surface area (Å²) in [6, 6.07) is 17.4. The van der Waals surface area contributed by atoms with Crippen LogP contribution in [0.1, 0.15) is 25.6 Å². The lowest BCUT2D eigenvalue weighted by Crippen LogP contribution is -2.41. The van der Waals surface area contributed by atoms with Crippen LogP contribution in [-0.4, -0.2) is 26.7 Å². The summed E-state index contributed by atoms with van der Waals surface area (Å²) in [7, 11) is 0. The van der Waals surface area contributed by atoms with E-state index in [1.165, 1.54) is 12.1 Å². The zero-order valence-corrected chi connectivity index (χ0v) is 17.5. The number of nitrogens with one attached hydrogen (secondary N) is 3. The maximum Gasteiger partial charge on any atom is 0.324 e. The minimum atomic E-state index is -0.620. The fourth-order valence-electron chi connectivity index (χ4n) is 2.70. The average molecular weight is 454 g/mol. The van der Waals surface area contributed by atoms with Gasteiger partial charge in [0.2, 0.25) is 0 Å². The van der Waals surface area contributed by atoms with Gasteiger partial charge in [-0.05, 0) is 35.9 Å². The highest BCUT2D eigenvalue weighted by molar-refractivity contribution is 7.98. The molecule has 2 amide bonds. The lowest BCUT2D eigenvalue weighted by Gasteiger charge is -2.07. The number of nitrogens with zero attached hydrogens (tertiary/aromatic N) is 2. The van der Waals surface area contributed by atoms with Crippen molar-refractivity contribution in [3.63, 3.8) is 0 Å². The molecule has 2 aromatic heterocycles. The Morgan fingerprint density at radius 2 is 1.77 bits per heavy atom. The molecule has 0 aliphatic carbocycles. The van der Waals surface area contributed by atoms with Gasteiger partial charge in [0.25, 0.3) is 11.8 Å². The molecule has 11 heteroatoms. The zero-order chi connectivity index (χ0) is 21.8. The molecule has 0 unspecified atom stereocenters. The first-order chi connectivity index (χ1) is 15.0. The van der Waals surface area contributed by atoms with E-state index in [9.17, 15) is 19.7 Å². The van der Waals surface area contributed by atoms with Crippen molar-refractivity contribution in [1.82, 2.24) is 20.8 Å². The van der Waals surface area contributed by atoms with Crippen LogP contribution in [0.3, 0.4) is 0 Å². The van der Waals surface area contributed by atoms with Crippen molar-refractivity contribution < 1.29 is 14.5 Å². The second-order valence-corrected chi connectivity index (χ2v) is 8.37. The lowest BCUT2D eigenvalue weighted by molar-refractivity contribution is -0.380. The molecule has 0 saturated heterocycles. The minimum Gasteiger partial charge on any atom is -0.333 e. The first-order valence-corrected chi connectivity index (χ1v) is 10.8. The van der Waals surface area contributed by atoms with Crippen molar-refractivity contribution in [2.24, 2.45) is 0 Å². The van der Waals surface area contributed by atoms with Crippen LogP contribution in [0.25, 0.3) is 11.0 Å². The molecular weight excluding hydrogens is 438 g/mol. The largest absolute Gasteiger partial charge is 0.333 e. The molecular formula is C20H15N5O4S2. The van der Waals surface area contributed by atoms with E-state index in [2.05, 4.69) is 20.8 Å². The van der Waals surface area contributed by atoms with Crippen molar-refractivity contribution in [3.8, 4) is 0 Å². The number of benzene rings is 2. The Hall–Kier alpha value is -3.70. The fourth-order valence-corrected chi connectivity index (χ4v) is 4.25. The van der Waals surface area contributed by atoms with Crippen LogP contribution < -0.4 is 10.9 Å². The third kappa shape index (κ3) is 4.90. The number of fused-ring (bicyclic) bond motifs is 1. The van der Waals surface area contributed by atoms with E-state index in [4.69, 9.17) is 0 Å². The van der Waals surface area contributed by atoms with Crippen molar-refractivity contribution in [2.75, 3.05) is 0 Å². The Morgan fingerprint density at radius 1 is 1.03 bits per heavy atom. The summed E-state index contributed by atoms with van der Waals surface area (Å²) in [6.45, 7) is 0. The van der Waals surface area contributed by atoms with Gasteiger partial charge in [0.1, 0.15) is 4.88 Å². The molecule has 0 spiro atoms. The third-order valence-corrected chi connectivity index (χ3v) is 6.22. The molecule has 0 aliphatic heterocycles. The summed E-state index contributed by atoms with van der Waals surface area (Å²) in [4.78, 5) is 42.3. The topological polar surface area (TPSA) is 130 Å². The van der Waals surface area contributed by atoms with Crippen LogP contribution in [0.15, 0.2) is 65.8 Å². The Morgan fingerprint density at radius 3 is 2.48 bits per heavy atom. The molecule has 0 fully saturated rings. The van der Waals surface area contributed by atoms with Gasteiger partial charge < -0.3 is 4.98 Å². The molecule has 9 nitrogen and oxygen atoms in total. The van der Waals surface area contributed by atoms with Crippen molar-refractivity contribution in [2.45, 2.75) is 10.9 Å². The summed E-state index contributed by atoms with van der Waals surface area (Å²) in [5.41, 5.74) is 7.84. The van der Waals surface area contributed by atoms with Gasteiger partial charge in [0, 0.05) is 17.4 Å². The number of thioether (sulfide) groups is 1. The second-order valence-electron chi connectivity index (χ2n) is 6.35. The third-order valence-electron chi connectivity index (χ3n) is 4.24. The van der Waals surface area contributed by atoms with Crippen LogP contribution in [0, 0.1) is 10.1 Å². The number of imidazole rings is 1. The van der Waals surface area contributed by atoms with Gasteiger partial charge in [0.15, 0.2) is 5.16 Å². The average Bonchev–Trinajstić information content (AvgIpc) is 3.43. The van der Waals surface area contributed by atoms with Gasteiger partial charge in [-0.3, -0.25) is 30.6 Å². The van der Waals surface area contributed by atoms with Crippen LogP contribution in [-0.2, 0) is 5.75 Å². The number of carbonyl (C=O) groups excluding carboxylic acids is 2. The number of nitro groups is 1. The number of aromatic nitrogens is 2. The molecule has 3 N–H and O–H groups in total. The van der Waals surface area contributed by atoms with E-state index < -0.39 is 16.7 Å².